The zero-order valence-electron chi connectivity index (χ0n) is 21.9. The third kappa shape index (κ3) is 4.91. The van der Waals surface area contributed by atoms with E-state index in [0.29, 0.717) is 29.5 Å². The smallest absolute Gasteiger partial charge is 0.201 e. The van der Waals surface area contributed by atoms with Crippen LogP contribution in [0.3, 0.4) is 0 Å². The Labute approximate surface area is 227 Å². The Hall–Kier alpha value is -3.94. The molecule has 8 heteroatoms. The van der Waals surface area contributed by atoms with E-state index in [1.54, 1.807) is 19.1 Å². The Balaban J connectivity index is 1.55. The average Bonchev–Trinajstić information content (AvgIpc) is 3.31. The van der Waals surface area contributed by atoms with Crippen LogP contribution >= 0.6 is 0 Å². The third-order valence-electron chi connectivity index (χ3n) is 6.93. The fourth-order valence-corrected chi connectivity index (χ4v) is 4.85. The number of benzene rings is 4. The minimum atomic E-state index is -1.50. The summed E-state index contributed by atoms with van der Waals surface area (Å²) in [7, 11) is 0. The van der Waals surface area contributed by atoms with Gasteiger partial charge in [-0.15, -0.1) is 0 Å². The van der Waals surface area contributed by atoms with Crippen molar-refractivity contribution in [2.45, 2.75) is 46.0 Å². The van der Waals surface area contributed by atoms with Gasteiger partial charge in [-0.05, 0) is 54.2 Å². The summed E-state index contributed by atoms with van der Waals surface area (Å²) in [6.45, 7) is 3.95. The van der Waals surface area contributed by atoms with Gasteiger partial charge in [0.15, 0.2) is 23.2 Å². The van der Waals surface area contributed by atoms with Gasteiger partial charge in [0.1, 0.15) is 22.8 Å². The van der Waals surface area contributed by atoms with E-state index in [-0.39, 0.29) is 23.3 Å². The van der Waals surface area contributed by atoms with Crippen LogP contribution in [0.5, 0.6) is 5.75 Å². The Bertz CT molecular complexity index is 1720. The molecule has 1 heterocycles. The standard InChI is InChI=1S/C32H26F6O2/c1-3-5-6-7-17-8-9-18(13-22(17)33)19-10-11-20(23(34)14-19)21-15-24-27(31(37)29(21)35)28-25(40-24)16-26(39-12-4-2)30(36)32(28)38/h8-11,13-16H,3-7,12H2,1-2H3. The SMILES string of the molecule is CCCCCc1ccc(-c2ccc(-c3cc4oc5cc(OCCC)c(F)c(F)c5c4c(F)c3F)c(F)c2)cc1F. The first-order chi connectivity index (χ1) is 19.2. The lowest BCUT2D eigenvalue weighted by atomic mass is 9.96. The minimum absolute atomic E-state index is 0.111. The van der Waals surface area contributed by atoms with Crippen molar-refractivity contribution in [2.75, 3.05) is 6.61 Å². The van der Waals surface area contributed by atoms with Gasteiger partial charge < -0.3 is 9.15 Å². The van der Waals surface area contributed by atoms with Crippen molar-refractivity contribution in [1.82, 2.24) is 0 Å². The summed E-state index contributed by atoms with van der Waals surface area (Å²) in [5.41, 5.74) is 0.0757. The molecule has 0 unspecified atom stereocenters. The molecule has 0 amide bonds. The molecule has 0 aliphatic heterocycles. The zero-order valence-corrected chi connectivity index (χ0v) is 21.9. The van der Waals surface area contributed by atoms with E-state index in [0.717, 1.165) is 37.5 Å². The van der Waals surface area contributed by atoms with Crippen LogP contribution in [0.1, 0.15) is 45.1 Å². The summed E-state index contributed by atoms with van der Waals surface area (Å²) in [4.78, 5) is 0. The van der Waals surface area contributed by atoms with Crippen LogP contribution in [0, 0.1) is 34.9 Å². The molecule has 1 aromatic heterocycles. The highest BCUT2D eigenvalue weighted by Gasteiger charge is 2.26. The molecule has 208 valence electrons. The Morgan fingerprint density at radius 2 is 1.27 bits per heavy atom. The second-order valence-electron chi connectivity index (χ2n) is 9.71. The molecule has 5 aromatic rings. The van der Waals surface area contributed by atoms with Crippen LogP contribution in [-0.4, -0.2) is 6.61 Å². The molecule has 0 aliphatic carbocycles. The van der Waals surface area contributed by atoms with Crippen molar-refractivity contribution in [3.63, 3.8) is 0 Å². The Kier molecular flexibility index (Phi) is 7.79. The van der Waals surface area contributed by atoms with Crippen LogP contribution in [-0.2, 0) is 6.42 Å². The number of ether oxygens (including phenoxy) is 1. The van der Waals surface area contributed by atoms with Gasteiger partial charge >= 0.3 is 0 Å². The van der Waals surface area contributed by atoms with Crippen molar-refractivity contribution >= 4 is 21.9 Å². The molecule has 5 rings (SSSR count). The minimum Gasteiger partial charge on any atom is -0.490 e. The van der Waals surface area contributed by atoms with Crippen LogP contribution < -0.4 is 4.74 Å². The van der Waals surface area contributed by atoms with Crippen LogP contribution in [0.25, 0.3) is 44.2 Å². The van der Waals surface area contributed by atoms with Crippen LogP contribution in [0.2, 0.25) is 0 Å². The Morgan fingerprint density at radius 1 is 0.625 bits per heavy atom. The molecule has 0 saturated heterocycles. The second kappa shape index (κ2) is 11.3. The van der Waals surface area contributed by atoms with Gasteiger partial charge in [0, 0.05) is 17.2 Å². The molecule has 40 heavy (non-hydrogen) atoms. The van der Waals surface area contributed by atoms with Crippen molar-refractivity contribution < 1.29 is 35.5 Å². The van der Waals surface area contributed by atoms with Crippen molar-refractivity contribution in [2.24, 2.45) is 0 Å². The third-order valence-corrected chi connectivity index (χ3v) is 6.93. The van der Waals surface area contributed by atoms with E-state index in [1.165, 1.54) is 18.2 Å². The largest absolute Gasteiger partial charge is 0.490 e. The van der Waals surface area contributed by atoms with E-state index < -0.39 is 57.0 Å². The van der Waals surface area contributed by atoms with Gasteiger partial charge in [-0.25, -0.2) is 22.0 Å². The van der Waals surface area contributed by atoms with Crippen LogP contribution in [0.15, 0.2) is 52.9 Å². The lowest BCUT2D eigenvalue weighted by Crippen LogP contribution is -1.99. The Morgan fingerprint density at radius 3 is 1.93 bits per heavy atom. The lowest BCUT2D eigenvalue weighted by molar-refractivity contribution is 0.296. The molecule has 0 saturated carbocycles. The van der Waals surface area contributed by atoms with Crippen molar-refractivity contribution in [3.05, 3.63) is 89.0 Å². The molecule has 2 nitrogen and oxygen atoms in total. The van der Waals surface area contributed by atoms with E-state index in [1.807, 2.05) is 0 Å². The molecule has 0 aliphatic rings. The van der Waals surface area contributed by atoms with Gasteiger partial charge in [-0.2, -0.15) is 4.39 Å². The summed E-state index contributed by atoms with van der Waals surface area (Å²) in [6, 6.07) is 10.6. The average molecular weight is 557 g/mol. The van der Waals surface area contributed by atoms with Crippen LogP contribution in [0.4, 0.5) is 26.3 Å². The molecule has 0 N–H and O–H groups in total. The highest BCUT2D eigenvalue weighted by Crippen LogP contribution is 2.41. The fraction of sp³-hybridized carbons (Fsp3) is 0.250. The first kappa shape index (κ1) is 27.6. The summed E-state index contributed by atoms with van der Waals surface area (Å²) >= 11 is 0. The topological polar surface area (TPSA) is 22.4 Å². The maximum Gasteiger partial charge on any atom is 0.201 e. The predicted molar refractivity (Wildman–Crippen MR) is 143 cm³/mol. The van der Waals surface area contributed by atoms with E-state index >= 15 is 13.2 Å². The first-order valence-electron chi connectivity index (χ1n) is 13.2. The van der Waals surface area contributed by atoms with Gasteiger partial charge in [0.25, 0.3) is 0 Å². The van der Waals surface area contributed by atoms with E-state index in [4.69, 9.17) is 9.15 Å². The highest BCUT2D eigenvalue weighted by atomic mass is 19.2. The number of rotatable bonds is 9. The number of hydrogen-bond donors (Lipinski definition) is 0. The molecular weight excluding hydrogens is 530 g/mol. The molecule has 0 spiro atoms. The molecule has 0 atom stereocenters. The maximum absolute atomic E-state index is 15.3. The highest BCUT2D eigenvalue weighted by molar-refractivity contribution is 6.07. The number of fused-ring (bicyclic) bond motifs is 3. The molecule has 0 bridgehead atoms. The monoisotopic (exact) mass is 556 g/mol. The van der Waals surface area contributed by atoms with Gasteiger partial charge in [0.05, 0.1) is 17.4 Å². The molecular formula is C32H26F6O2. The summed E-state index contributed by atoms with van der Waals surface area (Å²) < 4.78 is 101. The summed E-state index contributed by atoms with van der Waals surface area (Å²) in [5, 5.41) is -1.17. The van der Waals surface area contributed by atoms with Crippen molar-refractivity contribution in [1.29, 1.82) is 0 Å². The molecule has 4 aromatic carbocycles. The lowest BCUT2D eigenvalue weighted by Gasteiger charge is -2.10. The number of halogens is 6. The van der Waals surface area contributed by atoms with Gasteiger partial charge in [0.2, 0.25) is 5.82 Å². The fourth-order valence-electron chi connectivity index (χ4n) is 4.85. The van der Waals surface area contributed by atoms with Crippen molar-refractivity contribution in [3.8, 4) is 28.0 Å². The molecule has 0 fully saturated rings. The molecule has 0 radical (unpaired) electrons. The van der Waals surface area contributed by atoms with E-state index in [2.05, 4.69) is 6.92 Å². The number of aryl methyl sites for hydroxylation is 1. The summed E-state index contributed by atoms with van der Waals surface area (Å²) in [6.07, 6.45) is 4.01. The van der Waals surface area contributed by atoms with E-state index in [9.17, 15) is 13.2 Å². The van der Waals surface area contributed by atoms with Gasteiger partial charge in [-0.1, -0.05) is 51.0 Å². The normalized spacial score (nSPS) is 11.6. The number of hydrogen-bond acceptors (Lipinski definition) is 2. The second-order valence-corrected chi connectivity index (χ2v) is 9.71. The quantitative estimate of drug-likeness (QED) is 0.133. The zero-order chi connectivity index (χ0) is 28.6. The number of furan rings is 1. The summed E-state index contributed by atoms with van der Waals surface area (Å²) in [5.74, 6) is -7.43. The maximum atomic E-state index is 15.3. The number of unbranched alkanes of at least 4 members (excludes halogenated alkanes) is 2. The van der Waals surface area contributed by atoms with Gasteiger partial charge in [-0.3, -0.25) is 0 Å². The predicted octanol–water partition coefficient (Wildman–Crippen LogP) is 10.3. The first-order valence-corrected chi connectivity index (χ1v) is 13.2.